The Morgan fingerprint density at radius 2 is 2.35 bits per heavy atom. The Balaban J connectivity index is 1.76. The molecule has 0 radical (unpaired) electrons. The van der Waals surface area contributed by atoms with Gasteiger partial charge in [-0.3, -0.25) is 4.79 Å². The molecule has 1 aliphatic rings. The third-order valence-corrected chi connectivity index (χ3v) is 4.67. The molecule has 23 heavy (non-hydrogen) atoms. The maximum absolute atomic E-state index is 11.6. The van der Waals surface area contributed by atoms with E-state index in [1.807, 2.05) is 12.1 Å². The van der Waals surface area contributed by atoms with Gasteiger partial charge in [0.25, 0.3) is 5.91 Å². The summed E-state index contributed by atoms with van der Waals surface area (Å²) in [6.45, 7) is 2.39. The van der Waals surface area contributed by atoms with Gasteiger partial charge < -0.3 is 15.0 Å². The molecular weight excluding hydrogens is 312 g/mol. The zero-order chi connectivity index (χ0) is 16.1. The molecule has 6 nitrogen and oxygen atoms in total. The number of nitrogens with one attached hydrogen (secondary N) is 1. The maximum atomic E-state index is 11.6. The number of aromatic nitrogens is 2. The first-order valence-corrected chi connectivity index (χ1v) is 8.59. The summed E-state index contributed by atoms with van der Waals surface area (Å²) in [5.41, 5.74) is 0.324. The topological polar surface area (TPSA) is 67.4 Å². The molecule has 122 valence electrons. The summed E-state index contributed by atoms with van der Waals surface area (Å²) in [4.78, 5) is 15.0. The van der Waals surface area contributed by atoms with Gasteiger partial charge in [0.15, 0.2) is 11.5 Å². The first-order valence-electron chi connectivity index (χ1n) is 7.71. The average Bonchev–Trinajstić information content (AvgIpc) is 3.27. The lowest BCUT2D eigenvalue weighted by Gasteiger charge is -2.25. The fraction of sp³-hybridized carbons (Fsp3) is 0.438. The van der Waals surface area contributed by atoms with Crippen LogP contribution < -0.4 is 10.2 Å². The summed E-state index contributed by atoms with van der Waals surface area (Å²) < 4.78 is 5.75. The first-order chi connectivity index (χ1) is 11.3. The Morgan fingerprint density at radius 1 is 1.43 bits per heavy atom. The quantitative estimate of drug-likeness (QED) is 0.877. The number of hydrogen-bond donors (Lipinski definition) is 1. The van der Waals surface area contributed by atoms with Gasteiger partial charge >= 0.3 is 0 Å². The smallest absolute Gasteiger partial charge is 0.271 e. The van der Waals surface area contributed by atoms with Crippen LogP contribution in [0.4, 0.5) is 5.82 Å². The number of rotatable bonds is 6. The molecule has 1 unspecified atom stereocenters. The van der Waals surface area contributed by atoms with Gasteiger partial charge in [-0.05, 0) is 36.4 Å². The van der Waals surface area contributed by atoms with Crippen LogP contribution in [0, 0.1) is 0 Å². The number of nitrogens with zero attached hydrogens (tertiary/aromatic N) is 3. The van der Waals surface area contributed by atoms with Crippen LogP contribution >= 0.6 is 11.3 Å². The van der Waals surface area contributed by atoms with E-state index < -0.39 is 0 Å². The molecule has 2 aromatic heterocycles. The number of hydrogen-bond acceptors (Lipinski definition) is 6. The molecule has 1 saturated heterocycles. The molecule has 1 aliphatic heterocycles. The summed E-state index contributed by atoms with van der Waals surface area (Å²) >= 11 is 1.72. The Bertz CT molecular complexity index is 624. The number of carbonyl (C=O) groups excluding carboxylic acids is 1. The summed E-state index contributed by atoms with van der Waals surface area (Å²) in [6.07, 6.45) is 2.42. The monoisotopic (exact) mass is 332 g/mol. The van der Waals surface area contributed by atoms with Gasteiger partial charge in [0.2, 0.25) is 0 Å². The second-order valence-electron chi connectivity index (χ2n) is 5.45. The van der Waals surface area contributed by atoms with Gasteiger partial charge in [0.1, 0.15) is 0 Å². The molecule has 2 aromatic rings. The minimum Gasteiger partial charge on any atom is -0.376 e. The van der Waals surface area contributed by atoms with E-state index in [-0.39, 0.29) is 12.0 Å². The Hall–Kier alpha value is -1.99. The maximum Gasteiger partial charge on any atom is 0.271 e. The van der Waals surface area contributed by atoms with Crippen molar-refractivity contribution in [3.63, 3.8) is 0 Å². The van der Waals surface area contributed by atoms with Crippen LogP contribution in [-0.4, -0.2) is 42.4 Å². The zero-order valence-corrected chi connectivity index (χ0v) is 13.9. The molecule has 1 N–H and O–H groups in total. The van der Waals surface area contributed by atoms with Crippen LogP contribution in [0.3, 0.4) is 0 Å². The summed E-state index contributed by atoms with van der Waals surface area (Å²) in [5.74, 6) is 0.537. The number of thiophene rings is 1. The number of anilines is 1. The van der Waals surface area contributed by atoms with E-state index in [1.54, 1.807) is 24.5 Å². The molecule has 1 fully saturated rings. The molecule has 0 aliphatic carbocycles. The minimum absolute atomic E-state index is 0.229. The Morgan fingerprint density at radius 3 is 2.96 bits per heavy atom. The molecule has 3 heterocycles. The van der Waals surface area contributed by atoms with Gasteiger partial charge in [0.05, 0.1) is 12.6 Å². The Kier molecular flexibility index (Phi) is 5.19. The van der Waals surface area contributed by atoms with Crippen LogP contribution in [-0.2, 0) is 11.3 Å². The van der Waals surface area contributed by atoms with Crippen molar-refractivity contribution >= 4 is 23.1 Å². The molecule has 0 aromatic carbocycles. The van der Waals surface area contributed by atoms with Crippen molar-refractivity contribution in [2.24, 2.45) is 0 Å². The standard InChI is InChI=1S/C16H20N4O2S/c1-17-16(21)14-6-7-15(19-18-14)20(10-12-4-2-8-22-12)11-13-5-3-9-23-13/h3,5-7,9,12H,2,4,8,10-11H2,1H3,(H,17,21). The van der Waals surface area contributed by atoms with Crippen LogP contribution in [0.2, 0.25) is 0 Å². The van der Waals surface area contributed by atoms with Crippen molar-refractivity contribution in [3.05, 3.63) is 40.2 Å². The van der Waals surface area contributed by atoms with E-state index in [0.717, 1.165) is 38.4 Å². The lowest BCUT2D eigenvalue weighted by molar-refractivity contribution is 0.0957. The van der Waals surface area contributed by atoms with Gasteiger partial charge in [-0.2, -0.15) is 0 Å². The van der Waals surface area contributed by atoms with Crippen molar-refractivity contribution in [2.45, 2.75) is 25.5 Å². The number of amides is 1. The van der Waals surface area contributed by atoms with E-state index >= 15 is 0 Å². The molecule has 0 bridgehead atoms. The molecule has 1 atom stereocenters. The molecule has 1 amide bonds. The van der Waals surface area contributed by atoms with E-state index in [1.165, 1.54) is 4.88 Å². The molecule has 7 heteroatoms. The van der Waals surface area contributed by atoms with E-state index in [4.69, 9.17) is 4.74 Å². The second-order valence-corrected chi connectivity index (χ2v) is 6.48. The third kappa shape index (κ3) is 4.05. The highest BCUT2D eigenvalue weighted by Crippen LogP contribution is 2.21. The van der Waals surface area contributed by atoms with Crippen molar-refractivity contribution in [2.75, 3.05) is 25.1 Å². The van der Waals surface area contributed by atoms with E-state index in [2.05, 4.69) is 31.9 Å². The fourth-order valence-electron chi connectivity index (χ4n) is 2.61. The highest BCUT2D eigenvalue weighted by Gasteiger charge is 2.21. The van der Waals surface area contributed by atoms with Crippen molar-refractivity contribution in [1.29, 1.82) is 0 Å². The minimum atomic E-state index is -0.229. The molecular formula is C16H20N4O2S. The SMILES string of the molecule is CNC(=O)c1ccc(N(Cc2cccs2)CC2CCCO2)nn1. The van der Waals surface area contributed by atoms with Crippen molar-refractivity contribution in [3.8, 4) is 0 Å². The molecule has 0 saturated carbocycles. The predicted octanol–water partition coefficient (Wildman–Crippen LogP) is 2.08. The average molecular weight is 332 g/mol. The first kappa shape index (κ1) is 15.9. The predicted molar refractivity (Wildman–Crippen MR) is 89.8 cm³/mol. The zero-order valence-electron chi connectivity index (χ0n) is 13.1. The van der Waals surface area contributed by atoms with E-state index in [0.29, 0.717) is 5.69 Å². The van der Waals surface area contributed by atoms with Crippen LogP contribution in [0.15, 0.2) is 29.6 Å². The van der Waals surface area contributed by atoms with Gasteiger partial charge in [-0.1, -0.05) is 6.07 Å². The summed E-state index contributed by atoms with van der Waals surface area (Å²) in [6, 6.07) is 7.71. The largest absolute Gasteiger partial charge is 0.376 e. The second kappa shape index (κ2) is 7.52. The highest BCUT2D eigenvalue weighted by molar-refractivity contribution is 7.09. The van der Waals surface area contributed by atoms with E-state index in [9.17, 15) is 4.79 Å². The lowest BCUT2D eigenvalue weighted by Crippen LogP contribution is -2.32. The van der Waals surface area contributed by atoms with Gasteiger partial charge in [0, 0.05) is 25.1 Å². The third-order valence-electron chi connectivity index (χ3n) is 3.81. The van der Waals surface area contributed by atoms with Crippen molar-refractivity contribution < 1.29 is 9.53 Å². The Labute approximate surface area is 139 Å². The lowest BCUT2D eigenvalue weighted by atomic mass is 10.2. The normalized spacial score (nSPS) is 17.2. The molecule has 0 spiro atoms. The highest BCUT2D eigenvalue weighted by atomic mass is 32.1. The van der Waals surface area contributed by atoms with Gasteiger partial charge in [-0.15, -0.1) is 21.5 Å². The van der Waals surface area contributed by atoms with Crippen molar-refractivity contribution in [1.82, 2.24) is 15.5 Å². The summed E-state index contributed by atoms with van der Waals surface area (Å²) in [7, 11) is 1.58. The fourth-order valence-corrected chi connectivity index (χ4v) is 3.33. The molecule has 3 rings (SSSR count). The van der Waals surface area contributed by atoms with Crippen LogP contribution in [0.5, 0.6) is 0 Å². The number of ether oxygens (including phenoxy) is 1. The van der Waals surface area contributed by atoms with Crippen LogP contribution in [0.25, 0.3) is 0 Å². The summed E-state index contributed by atoms with van der Waals surface area (Å²) in [5, 5.41) is 12.9. The van der Waals surface area contributed by atoms with Crippen LogP contribution in [0.1, 0.15) is 28.2 Å². The number of carbonyl (C=O) groups is 1. The van der Waals surface area contributed by atoms with Gasteiger partial charge in [-0.25, -0.2) is 0 Å².